The van der Waals surface area contributed by atoms with Crippen molar-refractivity contribution in [2.45, 2.75) is 47.5 Å². The minimum Gasteiger partial charge on any atom is -0.481 e. The maximum atomic E-state index is 12.4. The van der Waals surface area contributed by atoms with Crippen molar-refractivity contribution in [3.05, 3.63) is 0 Å². The van der Waals surface area contributed by atoms with E-state index in [1.165, 1.54) is 0 Å². The van der Waals surface area contributed by atoms with Crippen molar-refractivity contribution in [2.24, 2.45) is 16.7 Å². The number of piperidine rings is 1. The largest absolute Gasteiger partial charge is 0.481 e. The van der Waals surface area contributed by atoms with Crippen LogP contribution < -0.4 is 0 Å². The molecule has 0 saturated carbocycles. The van der Waals surface area contributed by atoms with Gasteiger partial charge in [-0.2, -0.15) is 0 Å². The number of nitrogens with zero attached hydrogens (tertiary/aromatic N) is 1. The highest BCUT2D eigenvalue weighted by Gasteiger charge is 2.42. The minimum atomic E-state index is -1.02. The quantitative estimate of drug-likeness (QED) is 0.771. The van der Waals surface area contributed by atoms with Crippen molar-refractivity contribution in [1.29, 1.82) is 0 Å². The first kappa shape index (κ1) is 15.0. The zero-order valence-corrected chi connectivity index (χ0v) is 12.1. The van der Waals surface area contributed by atoms with Crippen LogP contribution in [0.15, 0.2) is 0 Å². The van der Waals surface area contributed by atoms with Crippen molar-refractivity contribution < 1.29 is 14.7 Å². The summed E-state index contributed by atoms with van der Waals surface area (Å²) in [7, 11) is 0. The van der Waals surface area contributed by atoms with Crippen LogP contribution in [0.2, 0.25) is 0 Å². The molecule has 4 nitrogen and oxygen atoms in total. The van der Waals surface area contributed by atoms with Crippen molar-refractivity contribution in [2.75, 3.05) is 13.1 Å². The Hall–Kier alpha value is -1.06. The van der Waals surface area contributed by atoms with Crippen LogP contribution >= 0.6 is 0 Å². The number of aliphatic carboxylic acids is 1. The second-order valence-electron chi connectivity index (χ2n) is 7.16. The van der Waals surface area contributed by atoms with Crippen LogP contribution in [-0.2, 0) is 9.59 Å². The number of carboxylic acids is 1. The predicted molar refractivity (Wildman–Crippen MR) is 70.2 cm³/mol. The number of rotatable bonds is 2. The molecular formula is C14H25NO3. The van der Waals surface area contributed by atoms with Gasteiger partial charge in [0.1, 0.15) is 5.92 Å². The first-order valence-electron chi connectivity index (χ1n) is 6.56. The summed E-state index contributed by atoms with van der Waals surface area (Å²) in [5, 5.41) is 9.29. The molecule has 0 aliphatic carbocycles. The molecule has 1 aliphatic rings. The van der Waals surface area contributed by atoms with Gasteiger partial charge in [0.15, 0.2) is 0 Å². The van der Waals surface area contributed by atoms with Crippen LogP contribution in [0, 0.1) is 16.7 Å². The summed E-state index contributed by atoms with van der Waals surface area (Å²) in [4.78, 5) is 25.5. The molecule has 18 heavy (non-hydrogen) atoms. The third kappa shape index (κ3) is 3.47. The average molecular weight is 255 g/mol. The molecule has 4 heteroatoms. The molecule has 1 aliphatic heterocycles. The van der Waals surface area contributed by atoms with Gasteiger partial charge in [0.05, 0.1) is 0 Å². The van der Waals surface area contributed by atoms with Crippen LogP contribution in [-0.4, -0.2) is 35.0 Å². The summed E-state index contributed by atoms with van der Waals surface area (Å²) in [6, 6.07) is 0. The number of hydrogen-bond donors (Lipinski definition) is 1. The summed E-state index contributed by atoms with van der Waals surface area (Å²) >= 11 is 0. The molecule has 0 aromatic carbocycles. The molecule has 1 heterocycles. The maximum Gasteiger partial charge on any atom is 0.316 e. The van der Waals surface area contributed by atoms with Crippen LogP contribution in [0.5, 0.6) is 0 Å². The SMILES string of the molecule is CC1(C)CCCN(C(=O)C(C(=O)O)C(C)(C)C)C1. The molecule has 1 N–H and O–H groups in total. The lowest BCUT2D eigenvalue weighted by molar-refractivity contribution is -0.157. The molecule has 1 atom stereocenters. The van der Waals surface area contributed by atoms with E-state index >= 15 is 0 Å². The predicted octanol–water partition coefficient (Wildman–Crippen LogP) is 2.38. The lowest BCUT2D eigenvalue weighted by Crippen LogP contribution is -2.50. The van der Waals surface area contributed by atoms with E-state index in [9.17, 15) is 14.7 Å². The van der Waals surface area contributed by atoms with Gasteiger partial charge in [0.2, 0.25) is 5.91 Å². The standard InChI is InChI=1S/C14H25NO3/c1-13(2,3)10(12(17)18)11(16)15-8-6-7-14(4,5)9-15/h10H,6-9H2,1-5H3,(H,17,18). The van der Waals surface area contributed by atoms with Crippen LogP contribution in [0.4, 0.5) is 0 Å². The molecule has 0 aromatic rings. The molecular weight excluding hydrogens is 230 g/mol. The van der Waals surface area contributed by atoms with Crippen molar-refractivity contribution in [1.82, 2.24) is 4.90 Å². The molecule has 104 valence electrons. The van der Waals surface area contributed by atoms with Crippen LogP contribution in [0.25, 0.3) is 0 Å². The first-order chi connectivity index (χ1) is 8.04. The number of carboxylic acid groups (broad SMARTS) is 1. The highest BCUT2D eigenvalue weighted by atomic mass is 16.4. The molecule has 0 radical (unpaired) electrons. The fraction of sp³-hybridized carbons (Fsp3) is 0.857. The van der Waals surface area contributed by atoms with Gasteiger partial charge in [-0.3, -0.25) is 9.59 Å². The van der Waals surface area contributed by atoms with Gasteiger partial charge in [0, 0.05) is 13.1 Å². The maximum absolute atomic E-state index is 12.4. The van der Waals surface area contributed by atoms with Crippen LogP contribution in [0.1, 0.15) is 47.5 Å². The van der Waals surface area contributed by atoms with E-state index in [0.717, 1.165) is 12.8 Å². The minimum absolute atomic E-state index is 0.0921. The Morgan fingerprint density at radius 1 is 1.28 bits per heavy atom. The lowest BCUT2D eigenvalue weighted by atomic mass is 9.78. The number of likely N-dealkylation sites (tertiary alicyclic amines) is 1. The van der Waals surface area contributed by atoms with Crippen molar-refractivity contribution >= 4 is 11.9 Å². The Balaban J connectivity index is 2.88. The first-order valence-corrected chi connectivity index (χ1v) is 6.56. The van der Waals surface area contributed by atoms with E-state index in [0.29, 0.717) is 13.1 Å². The second-order valence-corrected chi connectivity index (χ2v) is 7.16. The molecule has 1 rings (SSSR count). The Bertz CT molecular complexity index is 341. The highest BCUT2D eigenvalue weighted by molar-refractivity contribution is 5.97. The number of amides is 1. The van der Waals surface area contributed by atoms with E-state index in [1.807, 2.05) is 0 Å². The topological polar surface area (TPSA) is 57.6 Å². The van der Waals surface area contributed by atoms with Gasteiger partial charge in [-0.25, -0.2) is 0 Å². The molecule has 1 saturated heterocycles. The summed E-state index contributed by atoms with van der Waals surface area (Å²) in [6.45, 7) is 11.0. The van der Waals surface area contributed by atoms with Gasteiger partial charge in [0.25, 0.3) is 0 Å². The van der Waals surface area contributed by atoms with E-state index in [1.54, 1.807) is 25.7 Å². The fourth-order valence-electron chi connectivity index (χ4n) is 2.64. The zero-order valence-electron chi connectivity index (χ0n) is 12.1. The fourth-order valence-corrected chi connectivity index (χ4v) is 2.64. The van der Waals surface area contributed by atoms with Gasteiger partial charge >= 0.3 is 5.97 Å². The summed E-state index contributed by atoms with van der Waals surface area (Å²) in [6.07, 6.45) is 2.04. The number of carbonyl (C=O) groups excluding carboxylic acids is 1. The van der Waals surface area contributed by atoms with Gasteiger partial charge < -0.3 is 10.0 Å². The Labute approximate surface area is 109 Å². The second kappa shape index (κ2) is 4.90. The van der Waals surface area contributed by atoms with E-state index in [4.69, 9.17) is 0 Å². The summed E-state index contributed by atoms with van der Waals surface area (Å²) in [5.41, 5.74) is -0.459. The molecule has 0 aromatic heterocycles. The van der Waals surface area contributed by atoms with Crippen LogP contribution in [0.3, 0.4) is 0 Å². The van der Waals surface area contributed by atoms with E-state index in [2.05, 4.69) is 13.8 Å². The zero-order chi connectivity index (χ0) is 14.1. The summed E-state index contributed by atoms with van der Waals surface area (Å²) in [5.74, 6) is -2.20. The number of carbonyl (C=O) groups is 2. The molecule has 1 fully saturated rings. The third-order valence-corrected chi connectivity index (χ3v) is 3.57. The van der Waals surface area contributed by atoms with Gasteiger partial charge in [-0.1, -0.05) is 34.6 Å². The Morgan fingerprint density at radius 2 is 1.83 bits per heavy atom. The normalized spacial score (nSPS) is 21.5. The van der Waals surface area contributed by atoms with Gasteiger partial charge in [-0.15, -0.1) is 0 Å². The average Bonchev–Trinajstić information content (AvgIpc) is 2.12. The highest BCUT2D eigenvalue weighted by Crippen LogP contribution is 2.33. The van der Waals surface area contributed by atoms with Crippen molar-refractivity contribution in [3.8, 4) is 0 Å². The molecule has 1 amide bonds. The number of hydrogen-bond acceptors (Lipinski definition) is 2. The Kier molecular flexibility index (Phi) is 4.08. The molecule has 1 unspecified atom stereocenters. The van der Waals surface area contributed by atoms with E-state index < -0.39 is 17.3 Å². The third-order valence-electron chi connectivity index (χ3n) is 3.57. The summed E-state index contributed by atoms with van der Waals surface area (Å²) < 4.78 is 0. The van der Waals surface area contributed by atoms with Gasteiger partial charge in [-0.05, 0) is 23.7 Å². The smallest absolute Gasteiger partial charge is 0.316 e. The van der Waals surface area contributed by atoms with E-state index in [-0.39, 0.29) is 11.3 Å². The molecule has 0 spiro atoms. The lowest BCUT2D eigenvalue weighted by Gasteiger charge is -2.40. The Morgan fingerprint density at radius 3 is 2.22 bits per heavy atom. The monoisotopic (exact) mass is 255 g/mol. The van der Waals surface area contributed by atoms with Crippen molar-refractivity contribution in [3.63, 3.8) is 0 Å². The molecule has 0 bridgehead atoms.